The van der Waals surface area contributed by atoms with E-state index in [-0.39, 0.29) is 0 Å². The molecule has 0 radical (unpaired) electrons. The molecule has 0 saturated heterocycles. The van der Waals surface area contributed by atoms with E-state index in [0.29, 0.717) is 5.92 Å². The molecule has 0 spiro atoms. The monoisotopic (exact) mass is 315 g/mol. The topological polar surface area (TPSA) is 33.6 Å². The highest BCUT2D eigenvalue weighted by Gasteiger charge is 2.29. The van der Waals surface area contributed by atoms with E-state index in [2.05, 4.69) is 42.1 Å². The fourth-order valence-electron chi connectivity index (χ4n) is 1.73. The van der Waals surface area contributed by atoms with Crippen LogP contribution in [-0.2, 0) is 6.54 Å². The number of halogens is 1. The van der Waals surface area contributed by atoms with Crippen LogP contribution >= 0.6 is 39.5 Å². The Balaban J connectivity index is 1.93. The molecule has 3 rings (SSSR count). The summed E-state index contributed by atoms with van der Waals surface area (Å²) in [4.78, 5) is 1.30. The molecule has 3 nitrogen and oxygen atoms in total. The lowest BCUT2D eigenvalue weighted by Crippen LogP contribution is -2.03. The molecule has 2 heterocycles. The van der Waals surface area contributed by atoms with Gasteiger partial charge in [0.2, 0.25) is 0 Å². The predicted octanol–water partition coefficient (Wildman–Crippen LogP) is 3.69. The van der Waals surface area contributed by atoms with E-state index in [1.54, 1.807) is 11.3 Å². The lowest BCUT2D eigenvalue weighted by molar-refractivity contribution is 0.726. The Morgan fingerprint density at radius 1 is 1.62 bits per heavy atom. The van der Waals surface area contributed by atoms with Gasteiger partial charge in [-0.25, -0.2) is 0 Å². The molecular weight excluding hydrogens is 306 g/mol. The van der Waals surface area contributed by atoms with Crippen LogP contribution in [-0.4, -0.2) is 14.8 Å². The zero-order valence-corrected chi connectivity index (χ0v) is 11.7. The maximum Gasteiger partial charge on any atom is 0.195 e. The summed E-state index contributed by atoms with van der Waals surface area (Å²) < 4.78 is 3.98. The first kappa shape index (κ1) is 10.7. The molecule has 0 atom stereocenters. The molecule has 0 bridgehead atoms. The third-order valence-electron chi connectivity index (χ3n) is 2.67. The average Bonchev–Trinajstić information content (AvgIpc) is 2.93. The minimum atomic E-state index is 0.622. The predicted molar refractivity (Wildman–Crippen MR) is 70.5 cm³/mol. The summed E-state index contributed by atoms with van der Waals surface area (Å²) in [5.41, 5.74) is 0. The first-order valence-corrected chi connectivity index (χ1v) is 7.20. The summed E-state index contributed by atoms with van der Waals surface area (Å²) in [6, 6.07) is 2.14. The van der Waals surface area contributed by atoms with Gasteiger partial charge in [0.15, 0.2) is 4.77 Å². The number of hydrogen-bond acceptors (Lipinski definition) is 3. The van der Waals surface area contributed by atoms with E-state index >= 15 is 0 Å². The van der Waals surface area contributed by atoms with Crippen LogP contribution in [0.5, 0.6) is 0 Å². The number of hydrogen-bond donors (Lipinski definition) is 1. The minimum Gasteiger partial charge on any atom is -0.299 e. The fourth-order valence-corrected chi connectivity index (χ4v) is 3.37. The smallest absolute Gasteiger partial charge is 0.195 e. The van der Waals surface area contributed by atoms with E-state index in [4.69, 9.17) is 12.2 Å². The molecule has 2 aromatic rings. The molecule has 16 heavy (non-hydrogen) atoms. The second kappa shape index (κ2) is 4.09. The molecule has 0 aliphatic heterocycles. The van der Waals surface area contributed by atoms with Crippen molar-refractivity contribution in [3.63, 3.8) is 0 Å². The van der Waals surface area contributed by atoms with Crippen LogP contribution in [0.2, 0.25) is 0 Å². The van der Waals surface area contributed by atoms with Crippen LogP contribution in [0, 0.1) is 4.77 Å². The Morgan fingerprint density at radius 3 is 3.06 bits per heavy atom. The standard InChI is InChI=1S/C10H10BrN3S2/c11-7-3-8(16-5-7)4-14-9(6-1-2-6)12-13-10(14)15/h3,5-6H,1-2,4H2,(H,13,15). The maximum absolute atomic E-state index is 5.26. The van der Waals surface area contributed by atoms with Crippen LogP contribution in [0.1, 0.15) is 29.5 Å². The van der Waals surface area contributed by atoms with Gasteiger partial charge in [-0.15, -0.1) is 11.3 Å². The van der Waals surface area contributed by atoms with Crippen LogP contribution in [0.15, 0.2) is 15.9 Å². The van der Waals surface area contributed by atoms with Gasteiger partial charge in [0, 0.05) is 20.6 Å². The van der Waals surface area contributed by atoms with E-state index in [1.165, 1.54) is 17.7 Å². The number of thiophene rings is 1. The third-order valence-corrected chi connectivity index (χ3v) is 4.66. The Labute approximate surface area is 111 Å². The summed E-state index contributed by atoms with van der Waals surface area (Å²) in [6.45, 7) is 0.831. The molecule has 84 valence electrons. The first-order chi connectivity index (χ1) is 7.74. The van der Waals surface area contributed by atoms with Gasteiger partial charge in [0.1, 0.15) is 5.82 Å². The van der Waals surface area contributed by atoms with Crippen molar-refractivity contribution in [1.82, 2.24) is 14.8 Å². The van der Waals surface area contributed by atoms with E-state index in [1.807, 2.05) is 0 Å². The Hall–Kier alpha value is -0.460. The van der Waals surface area contributed by atoms with Crippen molar-refractivity contribution < 1.29 is 0 Å². The summed E-state index contributed by atoms with van der Waals surface area (Å²) in [6.07, 6.45) is 2.49. The van der Waals surface area contributed by atoms with Crippen molar-refractivity contribution in [2.24, 2.45) is 0 Å². The molecule has 6 heteroatoms. The Kier molecular flexibility index (Phi) is 2.73. The number of H-pyrrole nitrogens is 1. The lowest BCUT2D eigenvalue weighted by Gasteiger charge is -2.03. The van der Waals surface area contributed by atoms with Crippen molar-refractivity contribution >= 4 is 39.5 Å². The largest absolute Gasteiger partial charge is 0.299 e. The van der Waals surface area contributed by atoms with Crippen molar-refractivity contribution in [1.29, 1.82) is 0 Å². The summed E-state index contributed by atoms with van der Waals surface area (Å²) in [5.74, 6) is 1.74. The molecule has 0 aromatic carbocycles. The van der Waals surface area contributed by atoms with Gasteiger partial charge >= 0.3 is 0 Å². The highest BCUT2D eigenvalue weighted by Crippen LogP contribution is 2.39. The number of rotatable bonds is 3. The average molecular weight is 316 g/mol. The highest BCUT2D eigenvalue weighted by atomic mass is 79.9. The summed E-state index contributed by atoms with van der Waals surface area (Å²) in [5, 5.41) is 9.31. The molecule has 1 aliphatic rings. The van der Waals surface area contributed by atoms with Gasteiger partial charge in [0.25, 0.3) is 0 Å². The fraction of sp³-hybridized carbons (Fsp3) is 0.400. The molecule has 2 aromatic heterocycles. The zero-order valence-electron chi connectivity index (χ0n) is 8.44. The van der Waals surface area contributed by atoms with Gasteiger partial charge in [-0.2, -0.15) is 5.10 Å². The minimum absolute atomic E-state index is 0.622. The number of nitrogens with zero attached hydrogens (tertiary/aromatic N) is 2. The summed E-state index contributed by atoms with van der Waals surface area (Å²) in [7, 11) is 0. The van der Waals surface area contributed by atoms with E-state index in [9.17, 15) is 0 Å². The molecule has 1 aliphatic carbocycles. The van der Waals surface area contributed by atoms with Crippen molar-refractivity contribution in [2.45, 2.75) is 25.3 Å². The van der Waals surface area contributed by atoms with Crippen LogP contribution in [0.3, 0.4) is 0 Å². The molecule has 1 saturated carbocycles. The molecule has 1 fully saturated rings. The normalized spacial score (nSPS) is 15.6. The van der Waals surface area contributed by atoms with Crippen LogP contribution < -0.4 is 0 Å². The highest BCUT2D eigenvalue weighted by molar-refractivity contribution is 9.10. The van der Waals surface area contributed by atoms with Gasteiger partial charge in [-0.05, 0) is 47.1 Å². The second-order valence-corrected chi connectivity index (χ2v) is 6.28. The van der Waals surface area contributed by atoms with Crippen LogP contribution in [0.25, 0.3) is 0 Å². The SMILES string of the molecule is S=c1[nH]nc(C2CC2)n1Cc1cc(Br)cs1. The Morgan fingerprint density at radius 2 is 2.44 bits per heavy atom. The van der Waals surface area contributed by atoms with Crippen molar-refractivity contribution in [3.8, 4) is 0 Å². The molecular formula is C10H10BrN3S2. The quantitative estimate of drug-likeness (QED) is 0.876. The van der Waals surface area contributed by atoms with Crippen LogP contribution in [0.4, 0.5) is 0 Å². The van der Waals surface area contributed by atoms with Crippen molar-refractivity contribution in [3.05, 3.63) is 31.4 Å². The van der Waals surface area contributed by atoms with E-state index in [0.717, 1.165) is 21.6 Å². The van der Waals surface area contributed by atoms with Gasteiger partial charge in [-0.3, -0.25) is 9.67 Å². The lowest BCUT2D eigenvalue weighted by atomic mass is 10.4. The third kappa shape index (κ3) is 2.01. The maximum atomic E-state index is 5.26. The first-order valence-electron chi connectivity index (χ1n) is 5.12. The van der Waals surface area contributed by atoms with Crippen molar-refractivity contribution in [2.75, 3.05) is 0 Å². The number of aromatic nitrogens is 3. The van der Waals surface area contributed by atoms with Gasteiger partial charge in [0.05, 0.1) is 6.54 Å². The molecule has 0 unspecified atom stereocenters. The Bertz CT molecular complexity index is 565. The second-order valence-electron chi connectivity index (χ2n) is 3.98. The van der Waals surface area contributed by atoms with E-state index < -0.39 is 0 Å². The summed E-state index contributed by atoms with van der Waals surface area (Å²) >= 11 is 10.5. The van der Waals surface area contributed by atoms with Gasteiger partial charge < -0.3 is 0 Å². The molecule has 1 N–H and O–H groups in total. The number of nitrogens with one attached hydrogen (secondary N) is 1. The molecule has 0 amide bonds. The zero-order chi connectivity index (χ0) is 11.1. The number of aromatic amines is 1. The van der Waals surface area contributed by atoms with Gasteiger partial charge in [-0.1, -0.05) is 0 Å².